The number of amides is 2. The molecule has 0 bridgehead atoms. The van der Waals surface area contributed by atoms with Crippen molar-refractivity contribution in [2.45, 2.75) is 25.7 Å². The van der Waals surface area contributed by atoms with Gasteiger partial charge in [0, 0.05) is 37.9 Å². The quantitative estimate of drug-likeness (QED) is 0.834. The van der Waals surface area contributed by atoms with Crippen molar-refractivity contribution in [2.24, 2.45) is 0 Å². The third-order valence-corrected chi connectivity index (χ3v) is 5.37. The molecule has 0 unspecified atom stereocenters. The molecule has 1 N–H and O–H groups in total. The van der Waals surface area contributed by atoms with Crippen LogP contribution in [0.3, 0.4) is 0 Å². The number of rotatable bonds is 2. The monoisotopic (exact) mass is 325 g/mol. The Kier molecular flexibility index (Phi) is 3.88. The van der Waals surface area contributed by atoms with Gasteiger partial charge in [0.15, 0.2) is 0 Å². The normalized spacial score (nSPS) is 21.5. The zero-order valence-corrected chi connectivity index (χ0v) is 14.1. The van der Waals surface area contributed by atoms with Crippen LogP contribution >= 0.6 is 0 Å². The highest BCUT2D eigenvalue weighted by molar-refractivity contribution is 6.33. The molecule has 1 fully saturated rings. The zero-order chi connectivity index (χ0) is 16.7. The molecule has 5 nitrogen and oxygen atoms in total. The number of aryl methyl sites for hydroxylation is 1. The molecule has 24 heavy (non-hydrogen) atoms. The standard InChI is InChI=1S/C19H23N3O2/c1-21-6-8-22(9-7-21)14-10-13-4-2-3-5-15(13)16(11-14)17-12-18(23)20-19(17)24/h10-12H,2-9H2,1H3,(H,20,23,24). The van der Waals surface area contributed by atoms with E-state index in [2.05, 4.69) is 34.3 Å². The first kappa shape index (κ1) is 15.4. The number of hydrogen-bond donors (Lipinski definition) is 1. The van der Waals surface area contributed by atoms with Crippen LogP contribution in [0.2, 0.25) is 0 Å². The Morgan fingerprint density at radius 3 is 2.46 bits per heavy atom. The van der Waals surface area contributed by atoms with Crippen molar-refractivity contribution in [1.82, 2.24) is 10.2 Å². The molecule has 0 radical (unpaired) electrons. The number of nitrogens with one attached hydrogen (secondary N) is 1. The highest BCUT2D eigenvalue weighted by Gasteiger charge is 2.27. The molecule has 1 saturated heterocycles. The van der Waals surface area contributed by atoms with E-state index in [1.165, 1.54) is 29.3 Å². The predicted octanol–water partition coefficient (Wildman–Crippen LogP) is 1.36. The first-order valence-corrected chi connectivity index (χ1v) is 8.78. The number of carbonyl (C=O) groups excluding carboxylic acids is 2. The van der Waals surface area contributed by atoms with E-state index in [4.69, 9.17) is 0 Å². The molecular formula is C19H23N3O2. The van der Waals surface area contributed by atoms with Gasteiger partial charge in [0.05, 0.1) is 5.57 Å². The minimum atomic E-state index is -0.301. The van der Waals surface area contributed by atoms with E-state index >= 15 is 0 Å². The summed E-state index contributed by atoms with van der Waals surface area (Å²) in [6.07, 6.45) is 5.86. The summed E-state index contributed by atoms with van der Waals surface area (Å²) < 4.78 is 0. The maximum Gasteiger partial charge on any atom is 0.258 e. The Morgan fingerprint density at radius 1 is 1.00 bits per heavy atom. The third-order valence-electron chi connectivity index (χ3n) is 5.37. The van der Waals surface area contributed by atoms with E-state index < -0.39 is 0 Å². The van der Waals surface area contributed by atoms with E-state index in [9.17, 15) is 9.59 Å². The largest absolute Gasteiger partial charge is 0.369 e. The van der Waals surface area contributed by atoms with Gasteiger partial charge in [-0.15, -0.1) is 0 Å². The first-order valence-electron chi connectivity index (χ1n) is 8.78. The molecule has 4 rings (SSSR count). The van der Waals surface area contributed by atoms with Crippen LogP contribution in [0.4, 0.5) is 5.69 Å². The van der Waals surface area contributed by atoms with E-state index in [0.29, 0.717) is 5.57 Å². The second-order valence-electron chi connectivity index (χ2n) is 7.00. The Bertz CT molecular complexity index is 730. The van der Waals surface area contributed by atoms with Gasteiger partial charge in [-0.3, -0.25) is 14.9 Å². The van der Waals surface area contributed by atoms with Crippen LogP contribution in [0.5, 0.6) is 0 Å². The molecular weight excluding hydrogens is 302 g/mol. The van der Waals surface area contributed by atoms with Crippen LogP contribution in [-0.4, -0.2) is 49.9 Å². The van der Waals surface area contributed by atoms with Gasteiger partial charge in [-0.05, 0) is 61.6 Å². The average Bonchev–Trinajstić information content (AvgIpc) is 2.93. The number of imide groups is 1. The van der Waals surface area contributed by atoms with Gasteiger partial charge in [0.2, 0.25) is 0 Å². The van der Waals surface area contributed by atoms with Crippen LogP contribution in [0, 0.1) is 0 Å². The average molecular weight is 325 g/mol. The van der Waals surface area contributed by atoms with Crippen LogP contribution < -0.4 is 10.2 Å². The Labute approximate surface area is 142 Å². The lowest BCUT2D eigenvalue weighted by atomic mass is 9.85. The highest BCUT2D eigenvalue weighted by atomic mass is 16.2. The smallest absolute Gasteiger partial charge is 0.258 e. The highest BCUT2D eigenvalue weighted by Crippen LogP contribution is 2.34. The molecule has 3 aliphatic rings. The molecule has 2 amide bonds. The summed E-state index contributed by atoms with van der Waals surface area (Å²) in [5.41, 5.74) is 5.29. The second kappa shape index (κ2) is 6.06. The molecule has 2 aliphatic heterocycles. The molecule has 0 aromatic heterocycles. The van der Waals surface area contributed by atoms with Crippen LogP contribution in [0.1, 0.15) is 29.5 Å². The van der Waals surface area contributed by atoms with Crippen LogP contribution in [0.15, 0.2) is 18.2 Å². The van der Waals surface area contributed by atoms with E-state index in [1.807, 2.05) is 0 Å². The van der Waals surface area contributed by atoms with Crippen molar-refractivity contribution in [3.8, 4) is 0 Å². The Morgan fingerprint density at radius 2 is 1.75 bits per heavy atom. The minimum Gasteiger partial charge on any atom is -0.369 e. The van der Waals surface area contributed by atoms with Crippen molar-refractivity contribution in [1.29, 1.82) is 0 Å². The van der Waals surface area contributed by atoms with Crippen molar-refractivity contribution in [3.05, 3.63) is 34.9 Å². The van der Waals surface area contributed by atoms with E-state index in [0.717, 1.165) is 51.0 Å². The summed E-state index contributed by atoms with van der Waals surface area (Å²) in [5, 5.41) is 2.39. The molecule has 1 aromatic carbocycles. The van der Waals surface area contributed by atoms with Gasteiger partial charge < -0.3 is 9.80 Å². The maximum atomic E-state index is 12.2. The number of piperazine rings is 1. The van der Waals surface area contributed by atoms with Crippen LogP contribution in [0.25, 0.3) is 5.57 Å². The SMILES string of the molecule is CN1CCN(c2cc3c(c(C4=CC(=O)NC4=O)c2)CCCC3)CC1. The molecule has 1 aliphatic carbocycles. The van der Waals surface area contributed by atoms with Crippen molar-refractivity contribution in [2.75, 3.05) is 38.1 Å². The van der Waals surface area contributed by atoms with E-state index in [1.54, 1.807) is 0 Å². The molecule has 1 aromatic rings. The Balaban J connectivity index is 1.77. The van der Waals surface area contributed by atoms with Gasteiger partial charge in [-0.25, -0.2) is 0 Å². The fraction of sp³-hybridized carbons (Fsp3) is 0.474. The van der Waals surface area contributed by atoms with Crippen molar-refractivity contribution in [3.63, 3.8) is 0 Å². The predicted molar refractivity (Wildman–Crippen MR) is 93.9 cm³/mol. The summed E-state index contributed by atoms with van der Waals surface area (Å²) in [5.74, 6) is -0.562. The summed E-state index contributed by atoms with van der Waals surface area (Å²) in [6, 6.07) is 4.43. The van der Waals surface area contributed by atoms with Gasteiger partial charge in [-0.2, -0.15) is 0 Å². The summed E-state index contributed by atoms with van der Waals surface area (Å²) >= 11 is 0. The molecule has 0 saturated carbocycles. The van der Waals surface area contributed by atoms with Gasteiger partial charge in [0.1, 0.15) is 0 Å². The molecule has 0 spiro atoms. The number of nitrogens with zero attached hydrogens (tertiary/aromatic N) is 2. The van der Waals surface area contributed by atoms with Crippen LogP contribution in [-0.2, 0) is 22.4 Å². The minimum absolute atomic E-state index is 0.261. The fourth-order valence-electron chi connectivity index (χ4n) is 3.95. The lowest BCUT2D eigenvalue weighted by molar-refractivity contribution is -0.123. The Hall–Kier alpha value is -2.14. The summed E-state index contributed by atoms with van der Waals surface area (Å²) in [6.45, 7) is 4.10. The molecule has 5 heteroatoms. The summed E-state index contributed by atoms with van der Waals surface area (Å²) in [4.78, 5) is 28.5. The third kappa shape index (κ3) is 2.73. The topological polar surface area (TPSA) is 52.6 Å². The number of hydrogen-bond acceptors (Lipinski definition) is 4. The second-order valence-corrected chi connectivity index (χ2v) is 7.00. The van der Waals surface area contributed by atoms with Crippen molar-refractivity contribution < 1.29 is 9.59 Å². The van der Waals surface area contributed by atoms with Gasteiger partial charge >= 0.3 is 0 Å². The van der Waals surface area contributed by atoms with Gasteiger partial charge in [-0.1, -0.05) is 0 Å². The summed E-state index contributed by atoms with van der Waals surface area (Å²) in [7, 11) is 2.15. The molecule has 0 atom stereocenters. The lowest BCUT2D eigenvalue weighted by Crippen LogP contribution is -2.44. The lowest BCUT2D eigenvalue weighted by Gasteiger charge is -2.35. The number of benzene rings is 1. The zero-order valence-electron chi connectivity index (χ0n) is 14.1. The van der Waals surface area contributed by atoms with Crippen molar-refractivity contribution >= 4 is 23.1 Å². The van der Waals surface area contributed by atoms with Gasteiger partial charge in [0.25, 0.3) is 11.8 Å². The fourth-order valence-corrected chi connectivity index (χ4v) is 3.95. The molecule has 2 heterocycles. The van der Waals surface area contributed by atoms with E-state index in [-0.39, 0.29) is 11.8 Å². The number of anilines is 1. The maximum absolute atomic E-state index is 12.2. The number of likely N-dealkylation sites (N-methyl/N-ethyl adjacent to an activating group) is 1. The number of carbonyl (C=O) groups is 2. The number of fused-ring (bicyclic) bond motifs is 1. The first-order chi connectivity index (χ1) is 11.6. The molecule has 126 valence electrons.